The van der Waals surface area contributed by atoms with E-state index in [1.165, 1.54) is 0 Å². The molecule has 37 heavy (non-hydrogen) atoms. The SMILES string of the molecule is O=C(NCc1ccco1)c1ccccc1NC(=O)C1CCCN(Cc2nc(-c3cccc(Cl)c3)no2)C1. The van der Waals surface area contributed by atoms with Crippen molar-refractivity contribution in [1.29, 1.82) is 0 Å². The van der Waals surface area contributed by atoms with Crippen LogP contribution in [0.4, 0.5) is 5.69 Å². The van der Waals surface area contributed by atoms with Gasteiger partial charge in [-0.25, -0.2) is 0 Å². The van der Waals surface area contributed by atoms with Crippen molar-refractivity contribution in [3.63, 3.8) is 0 Å². The summed E-state index contributed by atoms with van der Waals surface area (Å²) in [5, 5.41) is 10.4. The maximum absolute atomic E-state index is 13.2. The molecule has 2 aromatic heterocycles. The summed E-state index contributed by atoms with van der Waals surface area (Å²) in [5.74, 6) is 0.965. The minimum atomic E-state index is -0.288. The van der Waals surface area contributed by atoms with Gasteiger partial charge in [0, 0.05) is 17.1 Å². The van der Waals surface area contributed by atoms with E-state index in [9.17, 15) is 9.59 Å². The van der Waals surface area contributed by atoms with Crippen LogP contribution >= 0.6 is 11.6 Å². The largest absolute Gasteiger partial charge is 0.467 e. The third kappa shape index (κ3) is 6.25. The number of hydrogen-bond donors (Lipinski definition) is 2. The van der Waals surface area contributed by atoms with E-state index in [1.54, 1.807) is 54.8 Å². The third-order valence-electron chi connectivity index (χ3n) is 6.22. The molecule has 1 fully saturated rings. The van der Waals surface area contributed by atoms with Crippen LogP contribution in [0.1, 0.15) is 34.9 Å². The highest BCUT2D eigenvalue weighted by Crippen LogP contribution is 2.24. The van der Waals surface area contributed by atoms with Crippen molar-refractivity contribution >= 4 is 29.1 Å². The molecule has 9 nitrogen and oxygen atoms in total. The first-order valence-corrected chi connectivity index (χ1v) is 12.4. The lowest BCUT2D eigenvalue weighted by molar-refractivity contribution is -0.121. The molecule has 1 unspecified atom stereocenters. The van der Waals surface area contributed by atoms with Crippen LogP contribution in [0.5, 0.6) is 0 Å². The van der Waals surface area contributed by atoms with Gasteiger partial charge in [0.05, 0.1) is 36.5 Å². The summed E-state index contributed by atoms with van der Waals surface area (Å²) in [5.41, 5.74) is 1.66. The average molecular weight is 520 g/mol. The lowest BCUT2D eigenvalue weighted by atomic mass is 9.96. The van der Waals surface area contributed by atoms with Crippen molar-refractivity contribution in [2.24, 2.45) is 5.92 Å². The summed E-state index contributed by atoms with van der Waals surface area (Å²) in [6.45, 7) is 2.08. The predicted octanol–water partition coefficient (Wildman–Crippen LogP) is 4.76. The normalized spacial score (nSPS) is 15.9. The van der Waals surface area contributed by atoms with Gasteiger partial charge in [-0.15, -0.1) is 0 Å². The molecule has 190 valence electrons. The summed E-state index contributed by atoms with van der Waals surface area (Å²) in [7, 11) is 0. The van der Waals surface area contributed by atoms with Gasteiger partial charge in [0.25, 0.3) is 5.91 Å². The number of benzene rings is 2. The van der Waals surface area contributed by atoms with Crippen molar-refractivity contribution in [2.45, 2.75) is 25.9 Å². The Hall–Kier alpha value is -3.95. The Balaban J connectivity index is 1.19. The molecule has 1 aliphatic rings. The molecule has 2 aromatic carbocycles. The number of rotatable bonds is 8. The Morgan fingerprint density at radius 3 is 2.84 bits per heavy atom. The minimum Gasteiger partial charge on any atom is -0.467 e. The van der Waals surface area contributed by atoms with Gasteiger partial charge in [-0.2, -0.15) is 4.98 Å². The molecule has 5 rings (SSSR count). The molecule has 1 aliphatic heterocycles. The highest BCUT2D eigenvalue weighted by molar-refractivity contribution is 6.30. The number of nitrogens with one attached hydrogen (secondary N) is 2. The Labute approximate surface area is 218 Å². The number of aromatic nitrogens is 2. The first-order chi connectivity index (χ1) is 18.0. The Morgan fingerprint density at radius 2 is 2.00 bits per heavy atom. The van der Waals surface area contributed by atoms with E-state index >= 15 is 0 Å². The number of furan rings is 1. The van der Waals surface area contributed by atoms with Crippen LogP contribution < -0.4 is 10.6 Å². The molecular formula is C27H26ClN5O4. The van der Waals surface area contributed by atoms with Crippen LogP contribution in [0.25, 0.3) is 11.4 Å². The van der Waals surface area contributed by atoms with Gasteiger partial charge >= 0.3 is 0 Å². The average Bonchev–Trinajstić information content (AvgIpc) is 3.60. The zero-order valence-corrected chi connectivity index (χ0v) is 20.8. The fraction of sp³-hybridized carbons (Fsp3) is 0.259. The van der Waals surface area contributed by atoms with E-state index in [-0.39, 0.29) is 24.3 Å². The van der Waals surface area contributed by atoms with Crippen molar-refractivity contribution in [1.82, 2.24) is 20.4 Å². The number of carbonyl (C=O) groups excluding carboxylic acids is 2. The maximum Gasteiger partial charge on any atom is 0.253 e. The zero-order chi connectivity index (χ0) is 25.6. The highest BCUT2D eigenvalue weighted by atomic mass is 35.5. The van der Waals surface area contributed by atoms with Crippen molar-refractivity contribution in [3.8, 4) is 11.4 Å². The number of para-hydroxylation sites is 1. The second-order valence-electron chi connectivity index (χ2n) is 8.89. The fourth-order valence-corrected chi connectivity index (χ4v) is 4.56. The first-order valence-electron chi connectivity index (χ1n) is 12.1. The van der Waals surface area contributed by atoms with Gasteiger partial charge < -0.3 is 19.6 Å². The molecule has 0 bridgehead atoms. The molecule has 0 aliphatic carbocycles. The fourth-order valence-electron chi connectivity index (χ4n) is 4.37. The molecular weight excluding hydrogens is 494 g/mol. The Morgan fingerprint density at radius 1 is 1.11 bits per heavy atom. The molecule has 3 heterocycles. The molecule has 1 atom stereocenters. The smallest absolute Gasteiger partial charge is 0.253 e. The van der Waals surface area contributed by atoms with Gasteiger partial charge in [-0.3, -0.25) is 14.5 Å². The number of likely N-dealkylation sites (tertiary alicyclic amines) is 1. The summed E-state index contributed by atoms with van der Waals surface area (Å²) in [6, 6.07) is 17.8. The number of nitrogens with zero attached hydrogens (tertiary/aromatic N) is 3. The lowest BCUT2D eigenvalue weighted by Crippen LogP contribution is -2.40. The van der Waals surface area contributed by atoms with Gasteiger partial charge in [0.1, 0.15) is 5.76 Å². The van der Waals surface area contributed by atoms with E-state index in [0.717, 1.165) is 24.9 Å². The summed E-state index contributed by atoms with van der Waals surface area (Å²) in [6.07, 6.45) is 3.17. The maximum atomic E-state index is 13.2. The summed E-state index contributed by atoms with van der Waals surface area (Å²) >= 11 is 6.07. The van der Waals surface area contributed by atoms with Crippen LogP contribution in [0.15, 0.2) is 75.9 Å². The number of carbonyl (C=O) groups is 2. The number of piperidine rings is 1. The van der Waals surface area contributed by atoms with Crippen molar-refractivity contribution in [3.05, 3.63) is 89.2 Å². The van der Waals surface area contributed by atoms with Crippen LogP contribution in [0, 0.1) is 5.92 Å². The van der Waals surface area contributed by atoms with E-state index in [1.807, 2.05) is 12.1 Å². The molecule has 2 amide bonds. The number of halogens is 1. The molecule has 1 saturated heterocycles. The number of anilines is 1. The Bertz CT molecular complexity index is 1370. The molecule has 0 spiro atoms. The van der Waals surface area contributed by atoms with Crippen LogP contribution in [0.2, 0.25) is 5.02 Å². The molecule has 0 radical (unpaired) electrons. The number of hydrogen-bond acceptors (Lipinski definition) is 7. The lowest BCUT2D eigenvalue weighted by Gasteiger charge is -2.31. The Kier molecular flexibility index (Phi) is 7.62. The summed E-state index contributed by atoms with van der Waals surface area (Å²) < 4.78 is 10.7. The van der Waals surface area contributed by atoms with Gasteiger partial charge in [-0.05, 0) is 55.8 Å². The van der Waals surface area contributed by atoms with Gasteiger partial charge in [-0.1, -0.05) is 41.0 Å². The van der Waals surface area contributed by atoms with E-state index in [4.69, 9.17) is 20.5 Å². The second kappa shape index (κ2) is 11.4. The van der Waals surface area contributed by atoms with Crippen LogP contribution in [0.3, 0.4) is 0 Å². The third-order valence-corrected chi connectivity index (χ3v) is 6.45. The van der Waals surface area contributed by atoms with Crippen LogP contribution in [-0.2, 0) is 17.9 Å². The molecule has 2 N–H and O–H groups in total. The van der Waals surface area contributed by atoms with E-state index < -0.39 is 0 Å². The van der Waals surface area contributed by atoms with Crippen molar-refractivity contribution in [2.75, 3.05) is 18.4 Å². The van der Waals surface area contributed by atoms with Crippen molar-refractivity contribution < 1.29 is 18.5 Å². The monoisotopic (exact) mass is 519 g/mol. The van der Waals surface area contributed by atoms with E-state index in [2.05, 4.69) is 25.7 Å². The zero-order valence-electron chi connectivity index (χ0n) is 20.0. The summed E-state index contributed by atoms with van der Waals surface area (Å²) in [4.78, 5) is 32.5. The minimum absolute atomic E-state index is 0.124. The second-order valence-corrected chi connectivity index (χ2v) is 9.33. The quantitative estimate of drug-likeness (QED) is 0.345. The van der Waals surface area contributed by atoms with Gasteiger partial charge in [0.2, 0.25) is 17.6 Å². The van der Waals surface area contributed by atoms with E-state index in [0.29, 0.717) is 46.8 Å². The molecule has 4 aromatic rings. The predicted molar refractivity (Wildman–Crippen MR) is 138 cm³/mol. The standard InChI is InChI=1S/C27H26ClN5O4/c28-20-8-3-6-18(14-20)25-31-24(37-32-25)17-33-12-4-7-19(16-33)26(34)30-23-11-2-1-10-22(23)27(35)29-15-21-9-5-13-36-21/h1-3,5-6,8-11,13-14,19H,4,7,12,15-17H2,(H,29,35)(H,30,34). The highest BCUT2D eigenvalue weighted by Gasteiger charge is 2.28. The van der Waals surface area contributed by atoms with Gasteiger partial charge in [0.15, 0.2) is 0 Å². The van der Waals surface area contributed by atoms with Crippen LogP contribution in [-0.4, -0.2) is 39.9 Å². The molecule has 10 heteroatoms. The number of amides is 2. The molecule has 0 saturated carbocycles. The topological polar surface area (TPSA) is 114 Å². The first kappa shape index (κ1) is 24.7.